The molecule has 0 N–H and O–H groups in total. The minimum atomic E-state index is -10.2. The van der Waals surface area contributed by atoms with Gasteiger partial charge in [-0.25, -0.2) is 0 Å². The molecule has 588 valence electrons. The fourth-order valence-electron chi connectivity index (χ4n) is 5.34. The van der Waals surface area contributed by atoms with Crippen molar-refractivity contribution >= 4 is 49.7 Å². The van der Waals surface area contributed by atoms with Gasteiger partial charge >= 0.3 is 216 Å². The van der Waals surface area contributed by atoms with Crippen LogP contribution in [0.1, 0.15) is 0 Å². The third-order valence-electron chi connectivity index (χ3n) is 11.5. The zero-order chi connectivity index (χ0) is 82.2. The van der Waals surface area contributed by atoms with Crippen molar-refractivity contribution in [3.63, 3.8) is 0 Å². The predicted octanol–water partition coefficient (Wildman–Crippen LogP) is 16.0. The third-order valence-corrected chi connectivity index (χ3v) is 11.5. The summed E-state index contributed by atoms with van der Waals surface area (Å²) < 4.78 is 821. The van der Waals surface area contributed by atoms with Crippen molar-refractivity contribution in [3.8, 4) is 0 Å². The van der Waals surface area contributed by atoms with Crippen LogP contribution in [0.3, 0.4) is 0 Å². The Morgan fingerprint density at radius 1 is 0.131 bits per heavy atom. The van der Waals surface area contributed by atoms with Crippen LogP contribution in [0.15, 0.2) is 0 Å². The molecule has 67 heteroatoms. The molecule has 0 aliphatic carbocycles. The molecule has 0 aromatic rings. The largest absolute Gasteiger partial charge is 2.00 e. The van der Waals surface area contributed by atoms with Crippen LogP contribution in [0.25, 0.3) is 0 Å². The number of carbonyl (C=O) groups excluding carboxylic acids is 2. The average molecular weight is 1670 g/mol. The number of rotatable bonds is 28. The van der Waals surface area contributed by atoms with Crippen LogP contribution in [-0.4, -0.2) is 228 Å². The van der Waals surface area contributed by atoms with Gasteiger partial charge in [-0.2, -0.15) is 272 Å². The number of hydrogen-bond acceptors (Lipinski definition) is 4. The van der Waals surface area contributed by atoms with Gasteiger partial charge in [-0.05, 0) is 0 Å². The Morgan fingerprint density at radius 2 is 0.192 bits per heavy atom. The number of hydrogen-bond donors (Lipinski definition) is 0. The first kappa shape index (κ1) is 99.0. The van der Waals surface area contributed by atoms with Gasteiger partial charge in [0, 0.05) is 0 Å². The van der Waals surface area contributed by atoms with Crippen molar-refractivity contribution in [1.29, 1.82) is 0 Å². The smallest absolute Gasteiger partial charge is 0.544 e. The van der Waals surface area contributed by atoms with Crippen LogP contribution < -0.4 is 10.2 Å². The molecular formula is C32CaF62O4. The number of carboxylic acid groups (broad SMARTS) is 2. The molecule has 0 saturated heterocycles. The minimum absolute atomic E-state index is 0. The van der Waals surface area contributed by atoms with Crippen LogP contribution in [0, 0.1) is 0 Å². The zero-order valence-corrected chi connectivity index (χ0v) is 44.0. The van der Waals surface area contributed by atoms with Gasteiger partial charge in [-0.3, -0.25) is 0 Å². The van der Waals surface area contributed by atoms with Crippen molar-refractivity contribution < 1.29 is 292 Å². The summed E-state index contributed by atoms with van der Waals surface area (Å²) in [5.74, 6) is -279. The summed E-state index contributed by atoms with van der Waals surface area (Å²) in [6, 6.07) is 0. The zero-order valence-electron chi connectivity index (χ0n) is 41.8. The van der Waals surface area contributed by atoms with E-state index in [-0.39, 0.29) is 37.7 Å². The molecule has 0 amide bonds. The molecule has 0 aliphatic heterocycles. The molecule has 0 saturated carbocycles. The van der Waals surface area contributed by atoms with E-state index in [1.165, 1.54) is 0 Å². The van der Waals surface area contributed by atoms with Crippen molar-refractivity contribution in [3.05, 3.63) is 0 Å². The Morgan fingerprint density at radius 3 is 0.253 bits per heavy atom. The van der Waals surface area contributed by atoms with E-state index in [1.54, 1.807) is 0 Å². The van der Waals surface area contributed by atoms with E-state index in [9.17, 15) is 292 Å². The maximum atomic E-state index is 13.7. The van der Waals surface area contributed by atoms with Crippen molar-refractivity contribution in [1.82, 2.24) is 0 Å². The summed E-state index contributed by atoms with van der Waals surface area (Å²) in [6.07, 6.45) is -16.7. The van der Waals surface area contributed by atoms with Gasteiger partial charge in [-0.15, -0.1) is 0 Å². The van der Waals surface area contributed by atoms with Crippen LogP contribution in [0.4, 0.5) is 272 Å². The van der Waals surface area contributed by atoms with Gasteiger partial charge in [0.25, 0.3) is 0 Å². The maximum Gasteiger partial charge on any atom is 2.00 e. The second-order valence-electron chi connectivity index (χ2n) is 17.7. The van der Waals surface area contributed by atoms with Gasteiger partial charge < -0.3 is 19.8 Å². The summed E-state index contributed by atoms with van der Waals surface area (Å²) in [4.78, 5) is 19.6. The van der Waals surface area contributed by atoms with Gasteiger partial charge in [-0.1, -0.05) is 0 Å². The number of aliphatic carboxylic acids is 2. The number of alkyl halides is 62. The summed E-state index contributed by atoms with van der Waals surface area (Å²) in [5.41, 5.74) is 0. The van der Waals surface area contributed by atoms with E-state index < -0.39 is 190 Å². The Kier molecular flexibility index (Phi) is 24.5. The van der Waals surface area contributed by atoms with Gasteiger partial charge in [0.15, 0.2) is 0 Å². The Hall–Kier alpha value is -4.14. The molecule has 0 fully saturated rings. The summed E-state index contributed by atoms with van der Waals surface area (Å²) in [5, 5.41) is 19.6. The second kappa shape index (κ2) is 24.5. The second-order valence-corrected chi connectivity index (χ2v) is 17.7. The van der Waals surface area contributed by atoms with E-state index in [1.807, 2.05) is 0 Å². The molecule has 0 heterocycles. The molecule has 0 aliphatic rings. The maximum absolute atomic E-state index is 13.7. The molecule has 0 aromatic carbocycles. The molecule has 0 rings (SSSR count). The molecule has 4 nitrogen and oxygen atoms in total. The first-order valence-corrected chi connectivity index (χ1v) is 20.0. The molecule has 0 radical (unpaired) electrons. The molecule has 99 heavy (non-hydrogen) atoms. The van der Waals surface area contributed by atoms with E-state index in [0.717, 1.165) is 0 Å². The molecule has 0 aromatic heterocycles. The quantitative estimate of drug-likeness (QED) is 0.0577. The molecule has 0 unspecified atom stereocenters. The molecule has 0 bridgehead atoms. The monoisotopic (exact) mass is 1670 g/mol. The molecular weight excluding hydrogens is 1670 g/mol. The van der Waals surface area contributed by atoms with Gasteiger partial charge in [0.05, 0.1) is 0 Å². The van der Waals surface area contributed by atoms with Crippen molar-refractivity contribution in [2.24, 2.45) is 0 Å². The summed E-state index contributed by atoms with van der Waals surface area (Å²) >= 11 is 0. The standard InChI is InChI=1S/2C16HF31O2.Ca/c2*17-2(18,1(48)49)3(19,20)4(21,22)5(23,24)6(25,26)7(27,28)8(29,30)9(31,32)10(33,34)11(35,36)12(37,38)13(39,40)14(41,42)15(43,44)16(45,46)47;/h2*(H,48,49);/q;;+2/p-2. The number of carbonyl (C=O) groups is 2. The van der Waals surface area contributed by atoms with E-state index in [2.05, 4.69) is 0 Å². The first-order valence-electron chi connectivity index (χ1n) is 20.0. The molecule has 0 atom stereocenters. The van der Waals surface area contributed by atoms with E-state index in [4.69, 9.17) is 0 Å². The van der Waals surface area contributed by atoms with Gasteiger partial charge in [0.2, 0.25) is 0 Å². The fourth-order valence-corrected chi connectivity index (χ4v) is 5.34. The number of halogens is 62. The summed E-state index contributed by atoms with van der Waals surface area (Å²) in [6.45, 7) is 0. The summed E-state index contributed by atoms with van der Waals surface area (Å²) in [7, 11) is 0. The van der Waals surface area contributed by atoms with Crippen LogP contribution in [-0.2, 0) is 9.59 Å². The number of carboxylic acids is 2. The van der Waals surface area contributed by atoms with Crippen LogP contribution >= 0.6 is 0 Å². The minimum Gasteiger partial charge on any atom is -0.544 e. The van der Waals surface area contributed by atoms with Crippen LogP contribution in [0.2, 0.25) is 0 Å². The predicted molar refractivity (Wildman–Crippen MR) is 166 cm³/mol. The third kappa shape index (κ3) is 11.7. The van der Waals surface area contributed by atoms with Crippen molar-refractivity contribution in [2.75, 3.05) is 0 Å². The molecule has 0 spiro atoms. The van der Waals surface area contributed by atoms with Crippen molar-refractivity contribution in [2.45, 2.75) is 178 Å². The van der Waals surface area contributed by atoms with Gasteiger partial charge in [0.1, 0.15) is 11.9 Å². The van der Waals surface area contributed by atoms with E-state index in [0.29, 0.717) is 0 Å². The Bertz CT molecular complexity index is 2700. The average Bonchev–Trinajstić information content (AvgIpc) is 3.36. The topological polar surface area (TPSA) is 80.3 Å². The van der Waals surface area contributed by atoms with Crippen LogP contribution in [0.5, 0.6) is 0 Å². The van der Waals surface area contributed by atoms with E-state index >= 15 is 0 Å². The SMILES string of the molecule is O=C([O-])C(F)(F)C(F)(F)C(F)(F)C(F)(F)C(F)(F)C(F)(F)C(F)(F)C(F)(F)C(F)(F)C(F)(F)C(F)(F)C(F)(F)C(F)(F)C(F)(F)C(F)(F)F.O=C([O-])C(F)(F)C(F)(F)C(F)(F)C(F)(F)C(F)(F)C(F)(F)C(F)(F)C(F)(F)C(F)(F)C(F)(F)C(F)(F)C(F)(F)C(F)(F)C(F)(F)C(F)(F)F.[Ca+2]. The normalized spacial score (nSPS) is 16.9. The first-order chi connectivity index (χ1) is 40.9. The Labute approximate surface area is 519 Å². The Balaban J connectivity index is -0.00000184. The fraction of sp³-hybridized carbons (Fsp3) is 0.938.